The number of carbonyl (C=O) groups excluding carboxylic acids is 1. The summed E-state index contributed by atoms with van der Waals surface area (Å²) in [6.07, 6.45) is 0. The standard InChI is InChI=1S/C11H16N4OS/c1-7-2-3-8(10(12)17)9(6-7)14-4-5-15-11(13)16/h2-3,6,14H,4-5H2,1H3,(H2,12,17)(H3,13,15,16). The molecule has 0 radical (unpaired) electrons. The van der Waals surface area contributed by atoms with Gasteiger partial charge in [-0.1, -0.05) is 18.3 Å². The monoisotopic (exact) mass is 252 g/mol. The van der Waals surface area contributed by atoms with Crippen LogP contribution in [0, 0.1) is 6.92 Å². The zero-order chi connectivity index (χ0) is 12.8. The van der Waals surface area contributed by atoms with Crippen LogP contribution in [0.2, 0.25) is 0 Å². The van der Waals surface area contributed by atoms with Crippen molar-refractivity contribution < 1.29 is 4.79 Å². The molecule has 0 aliphatic rings. The number of amides is 2. The van der Waals surface area contributed by atoms with Crippen molar-refractivity contribution in [3.63, 3.8) is 0 Å². The SMILES string of the molecule is Cc1ccc(C(N)=S)c(NCCNC(N)=O)c1. The van der Waals surface area contributed by atoms with Crippen molar-refractivity contribution in [1.29, 1.82) is 0 Å². The third-order valence-electron chi connectivity index (χ3n) is 2.18. The second-order valence-corrected chi connectivity index (χ2v) is 4.07. The summed E-state index contributed by atoms with van der Waals surface area (Å²) >= 11 is 4.96. The molecular weight excluding hydrogens is 236 g/mol. The molecule has 0 spiro atoms. The highest BCUT2D eigenvalue weighted by atomic mass is 32.1. The molecule has 92 valence electrons. The lowest BCUT2D eigenvalue weighted by Gasteiger charge is -2.12. The van der Waals surface area contributed by atoms with Crippen LogP contribution in [0.5, 0.6) is 0 Å². The van der Waals surface area contributed by atoms with Gasteiger partial charge in [0.15, 0.2) is 0 Å². The summed E-state index contributed by atoms with van der Waals surface area (Å²) in [5.74, 6) is 0. The quantitative estimate of drug-likeness (QED) is 0.458. The fraction of sp³-hybridized carbons (Fsp3) is 0.273. The lowest BCUT2D eigenvalue weighted by Crippen LogP contribution is -2.33. The molecular formula is C11H16N4OS. The van der Waals surface area contributed by atoms with Gasteiger partial charge >= 0.3 is 6.03 Å². The molecule has 0 aromatic heterocycles. The number of anilines is 1. The highest BCUT2D eigenvalue weighted by Gasteiger charge is 2.04. The fourth-order valence-electron chi connectivity index (χ4n) is 1.40. The van der Waals surface area contributed by atoms with Crippen molar-refractivity contribution in [3.05, 3.63) is 29.3 Å². The Kier molecular flexibility index (Phi) is 4.71. The molecule has 0 unspecified atom stereocenters. The molecule has 0 aliphatic carbocycles. The largest absolute Gasteiger partial charge is 0.389 e. The Balaban J connectivity index is 2.65. The number of hydrogen-bond acceptors (Lipinski definition) is 3. The third kappa shape index (κ3) is 4.28. The van der Waals surface area contributed by atoms with Crippen LogP contribution in [-0.2, 0) is 0 Å². The molecule has 0 heterocycles. The topological polar surface area (TPSA) is 93.2 Å². The molecule has 6 N–H and O–H groups in total. The second kappa shape index (κ2) is 6.05. The summed E-state index contributed by atoms with van der Waals surface area (Å²) in [5.41, 5.74) is 13.3. The lowest BCUT2D eigenvalue weighted by molar-refractivity contribution is 0.249. The summed E-state index contributed by atoms with van der Waals surface area (Å²) < 4.78 is 0. The summed E-state index contributed by atoms with van der Waals surface area (Å²) in [6.45, 7) is 2.98. The van der Waals surface area contributed by atoms with E-state index in [1.54, 1.807) is 0 Å². The van der Waals surface area contributed by atoms with Gasteiger partial charge in [0.25, 0.3) is 0 Å². The molecule has 2 amide bonds. The molecule has 0 saturated carbocycles. The minimum atomic E-state index is -0.536. The number of nitrogens with one attached hydrogen (secondary N) is 2. The molecule has 0 bridgehead atoms. The minimum Gasteiger partial charge on any atom is -0.389 e. The number of urea groups is 1. The van der Waals surface area contributed by atoms with Crippen molar-refractivity contribution in [1.82, 2.24) is 5.32 Å². The van der Waals surface area contributed by atoms with Crippen molar-refractivity contribution in [2.45, 2.75) is 6.92 Å². The maximum Gasteiger partial charge on any atom is 0.312 e. The third-order valence-corrected chi connectivity index (χ3v) is 2.40. The number of hydrogen-bond donors (Lipinski definition) is 4. The first kappa shape index (κ1) is 13.2. The molecule has 1 rings (SSSR count). The van der Waals surface area contributed by atoms with E-state index in [-0.39, 0.29) is 0 Å². The molecule has 0 saturated heterocycles. The van der Waals surface area contributed by atoms with E-state index in [4.69, 9.17) is 23.7 Å². The smallest absolute Gasteiger partial charge is 0.312 e. The van der Waals surface area contributed by atoms with Crippen LogP contribution in [0.25, 0.3) is 0 Å². The Hall–Kier alpha value is -1.82. The van der Waals surface area contributed by atoms with Gasteiger partial charge in [-0.05, 0) is 24.6 Å². The maximum atomic E-state index is 10.5. The zero-order valence-corrected chi connectivity index (χ0v) is 10.4. The molecule has 1 aromatic rings. The summed E-state index contributed by atoms with van der Waals surface area (Å²) in [6, 6.07) is 5.24. The summed E-state index contributed by atoms with van der Waals surface area (Å²) in [7, 11) is 0. The Morgan fingerprint density at radius 2 is 2.06 bits per heavy atom. The molecule has 0 fully saturated rings. The fourth-order valence-corrected chi connectivity index (χ4v) is 1.58. The van der Waals surface area contributed by atoms with E-state index in [9.17, 15) is 4.79 Å². The predicted molar refractivity (Wildman–Crippen MR) is 73.1 cm³/mol. The highest BCUT2D eigenvalue weighted by molar-refractivity contribution is 7.80. The predicted octanol–water partition coefficient (Wildman–Crippen LogP) is 0.709. The average Bonchev–Trinajstić information content (AvgIpc) is 2.23. The Morgan fingerprint density at radius 1 is 1.35 bits per heavy atom. The van der Waals surface area contributed by atoms with Gasteiger partial charge in [-0.15, -0.1) is 0 Å². The van der Waals surface area contributed by atoms with Gasteiger partial charge in [0.2, 0.25) is 0 Å². The Morgan fingerprint density at radius 3 is 2.65 bits per heavy atom. The van der Waals surface area contributed by atoms with Crippen molar-refractivity contribution in [3.8, 4) is 0 Å². The van der Waals surface area contributed by atoms with E-state index in [1.807, 2.05) is 25.1 Å². The van der Waals surface area contributed by atoms with E-state index >= 15 is 0 Å². The van der Waals surface area contributed by atoms with Gasteiger partial charge < -0.3 is 22.1 Å². The number of aryl methyl sites for hydroxylation is 1. The van der Waals surface area contributed by atoms with E-state index in [2.05, 4.69) is 10.6 Å². The van der Waals surface area contributed by atoms with Crippen LogP contribution in [0.1, 0.15) is 11.1 Å². The number of primary amides is 1. The lowest BCUT2D eigenvalue weighted by atomic mass is 10.1. The van der Waals surface area contributed by atoms with Gasteiger partial charge in [-0.3, -0.25) is 0 Å². The number of thiocarbonyl (C=S) groups is 1. The van der Waals surface area contributed by atoms with Gasteiger partial charge in [0.1, 0.15) is 4.99 Å². The Labute approximate surface area is 106 Å². The molecule has 0 aliphatic heterocycles. The first-order chi connectivity index (χ1) is 8.00. The van der Waals surface area contributed by atoms with Crippen molar-refractivity contribution >= 4 is 28.9 Å². The van der Waals surface area contributed by atoms with Gasteiger partial charge in [-0.25, -0.2) is 4.79 Å². The van der Waals surface area contributed by atoms with Crippen LogP contribution in [0.15, 0.2) is 18.2 Å². The zero-order valence-electron chi connectivity index (χ0n) is 9.62. The van der Waals surface area contributed by atoms with Gasteiger partial charge in [0.05, 0.1) is 0 Å². The van der Waals surface area contributed by atoms with Crippen molar-refractivity contribution in [2.24, 2.45) is 11.5 Å². The maximum absolute atomic E-state index is 10.5. The molecule has 1 aromatic carbocycles. The van der Waals surface area contributed by atoms with E-state index in [0.717, 1.165) is 16.8 Å². The first-order valence-corrected chi connectivity index (χ1v) is 5.59. The first-order valence-electron chi connectivity index (χ1n) is 5.18. The van der Waals surface area contributed by atoms with E-state index < -0.39 is 6.03 Å². The number of rotatable bonds is 5. The summed E-state index contributed by atoms with van der Waals surface area (Å²) in [5, 5.41) is 5.64. The number of carbonyl (C=O) groups is 1. The summed E-state index contributed by atoms with van der Waals surface area (Å²) in [4.78, 5) is 10.8. The van der Waals surface area contributed by atoms with Gasteiger partial charge in [0, 0.05) is 24.3 Å². The van der Waals surface area contributed by atoms with Crippen LogP contribution in [0.4, 0.5) is 10.5 Å². The van der Waals surface area contributed by atoms with E-state index in [0.29, 0.717) is 18.1 Å². The number of nitrogens with two attached hydrogens (primary N) is 2. The van der Waals surface area contributed by atoms with Crippen LogP contribution in [0.3, 0.4) is 0 Å². The second-order valence-electron chi connectivity index (χ2n) is 3.63. The number of benzene rings is 1. The minimum absolute atomic E-state index is 0.343. The van der Waals surface area contributed by atoms with Gasteiger partial charge in [-0.2, -0.15) is 0 Å². The molecule has 17 heavy (non-hydrogen) atoms. The van der Waals surface area contributed by atoms with Crippen molar-refractivity contribution in [2.75, 3.05) is 18.4 Å². The average molecular weight is 252 g/mol. The molecule has 5 nitrogen and oxygen atoms in total. The molecule has 6 heteroatoms. The normalized spacial score (nSPS) is 9.71. The van der Waals surface area contributed by atoms with Crippen LogP contribution < -0.4 is 22.1 Å². The van der Waals surface area contributed by atoms with Crippen LogP contribution in [-0.4, -0.2) is 24.1 Å². The molecule has 0 atom stereocenters. The Bertz CT molecular complexity index is 433. The van der Waals surface area contributed by atoms with E-state index in [1.165, 1.54) is 0 Å². The highest BCUT2D eigenvalue weighted by Crippen LogP contribution is 2.17. The van der Waals surface area contributed by atoms with Crippen LogP contribution >= 0.6 is 12.2 Å².